The molecule has 1 saturated carbocycles. The normalized spacial score (nSPS) is 27.9. The van der Waals surface area contributed by atoms with Crippen LogP contribution in [0.1, 0.15) is 73.7 Å². The molecule has 0 spiro atoms. The number of benzene rings is 1. The molecule has 0 radical (unpaired) electrons. The van der Waals surface area contributed by atoms with Crippen LogP contribution in [0.3, 0.4) is 0 Å². The van der Waals surface area contributed by atoms with Gasteiger partial charge in [-0.15, -0.1) is 0 Å². The van der Waals surface area contributed by atoms with Crippen molar-refractivity contribution in [1.82, 2.24) is 15.1 Å². The topological polar surface area (TPSA) is 79.0 Å². The van der Waals surface area contributed by atoms with Gasteiger partial charge in [0.1, 0.15) is 17.9 Å². The van der Waals surface area contributed by atoms with Crippen molar-refractivity contribution < 1.29 is 19.1 Å². The summed E-state index contributed by atoms with van der Waals surface area (Å²) in [5.74, 6) is 0.0131. The lowest BCUT2D eigenvalue weighted by Crippen LogP contribution is -2.52. The van der Waals surface area contributed by atoms with E-state index in [2.05, 4.69) is 10.2 Å². The predicted octanol–water partition coefficient (Wildman–Crippen LogP) is 2.62. The summed E-state index contributed by atoms with van der Waals surface area (Å²) in [6.45, 7) is 2.53. The second kappa shape index (κ2) is 8.61. The van der Waals surface area contributed by atoms with Crippen LogP contribution < -0.4 is 10.1 Å². The van der Waals surface area contributed by atoms with E-state index in [1.165, 1.54) is 38.6 Å². The number of nitrogens with one attached hydrogen (secondary N) is 1. The number of nitrogens with zero attached hydrogens (tertiary/aromatic N) is 2. The molecule has 1 aromatic carbocycles. The minimum atomic E-state index is -0.579. The maximum Gasteiger partial charge on any atom is 0.255 e. The van der Waals surface area contributed by atoms with Gasteiger partial charge in [0.25, 0.3) is 5.91 Å². The van der Waals surface area contributed by atoms with E-state index in [1.54, 1.807) is 4.90 Å². The highest BCUT2D eigenvalue weighted by atomic mass is 16.5. The molecule has 4 aliphatic rings. The first-order valence-corrected chi connectivity index (χ1v) is 11.8. The van der Waals surface area contributed by atoms with Crippen LogP contribution in [-0.2, 0) is 16.1 Å². The Kier molecular flexibility index (Phi) is 5.69. The highest BCUT2D eigenvalue weighted by Crippen LogP contribution is 2.32. The van der Waals surface area contributed by atoms with Gasteiger partial charge in [-0.2, -0.15) is 0 Å². The summed E-state index contributed by atoms with van der Waals surface area (Å²) in [4.78, 5) is 40.7. The Labute approximate surface area is 183 Å². The molecule has 3 amide bonds. The summed E-state index contributed by atoms with van der Waals surface area (Å²) >= 11 is 0. The quantitative estimate of drug-likeness (QED) is 0.751. The third-order valence-corrected chi connectivity index (χ3v) is 7.30. The zero-order valence-corrected chi connectivity index (χ0v) is 18.0. The molecule has 7 nitrogen and oxygen atoms in total. The van der Waals surface area contributed by atoms with Crippen molar-refractivity contribution in [3.8, 4) is 5.75 Å². The number of imide groups is 1. The molecule has 3 heterocycles. The van der Waals surface area contributed by atoms with Gasteiger partial charge in [0, 0.05) is 31.1 Å². The number of carbonyl (C=O) groups excluding carboxylic acids is 3. The molecule has 7 heteroatoms. The van der Waals surface area contributed by atoms with E-state index in [9.17, 15) is 14.4 Å². The smallest absolute Gasteiger partial charge is 0.255 e. The molecular weight excluding hydrogens is 394 g/mol. The molecule has 0 aromatic heterocycles. The Balaban J connectivity index is 1.24. The van der Waals surface area contributed by atoms with E-state index >= 15 is 0 Å². The van der Waals surface area contributed by atoms with E-state index in [1.807, 2.05) is 18.2 Å². The summed E-state index contributed by atoms with van der Waals surface area (Å²) in [7, 11) is 0. The molecule has 31 heavy (non-hydrogen) atoms. The number of hydrogen-bond acceptors (Lipinski definition) is 5. The lowest BCUT2D eigenvalue weighted by Gasteiger charge is -2.39. The van der Waals surface area contributed by atoms with Crippen molar-refractivity contribution in [1.29, 1.82) is 0 Å². The Hall–Kier alpha value is -2.41. The minimum Gasteiger partial charge on any atom is -0.489 e. The van der Waals surface area contributed by atoms with E-state index in [0.717, 1.165) is 30.7 Å². The van der Waals surface area contributed by atoms with Crippen LogP contribution in [0.5, 0.6) is 5.75 Å². The molecule has 166 valence electrons. The molecular formula is C24H31N3O4. The second-order valence-corrected chi connectivity index (χ2v) is 9.39. The minimum absolute atomic E-state index is 0.141. The first-order chi connectivity index (χ1) is 15.1. The molecule has 0 bridgehead atoms. The van der Waals surface area contributed by atoms with Gasteiger partial charge >= 0.3 is 0 Å². The number of likely N-dealkylation sites (tertiary alicyclic amines) is 1. The number of ether oxygens (including phenoxy) is 1. The molecule has 1 unspecified atom stereocenters. The summed E-state index contributed by atoms with van der Waals surface area (Å²) in [6.07, 6.45) is 9.72. The fourth-order valence-corrected chi connectivity index (χ4v) is 5.66. The van der Waals surface area contributed by atoms with Crippen LogP contribution >= 0.6 is 0 Å². The van der Waals surface area contributed by atoms with Crippen LogP contribution in [0.15, 0.2) is 18.2 Å². The zero-order chi connectivity index (χ0) is 21.4. The van der Waals surface area contributed by atoms with Crippen molar-refractivity contribution in [2.75, 3.05) is 13.1 Å². The summed E-state index contributed by atoms with van der Waals surface area (Å²) in [5.41, 5.74) is 1.52. The third kappa shape index (κ3) is 4.20. The second-order valence-electron chi connectivity index (χ2n) is 9.39. The molecule has 3 aliphatic heterocycles. The van der Waals surface area contributed by atoms with Crippen LogP contribution in [0.25, 0.3) is 0 Å². The Morgan fingerprint density at radius 1 is 0.968 bits per heavy atom. The van der Waals surface area contributed by atoms with E-state index in [0.29, 0.717) is 24.6 Å². The van der Waals surface area contributed by atoms with Crippen molar-refractivity contribution >= 4 is 17.7 Å². The zero-order valence-electron chi connectivity index (χ0n) is 18.0. The van der Waals surface area contributed by atoms with Gasteiger partial charge < -0.3 is 9.64 Å². The van der Waals surface area contributed by atoms with Crippen LogP contribution in [-0.4, -0.2) is 58.8 Å². The van der Waals surface area contributed by atoms with E-state index in [4.69, 9.17) is 4.74 Å². The van der Waals surface area contributed by atoms with Crippen molar-refractivity contribution in [2.45, 2.75) is 82.5 Å². The van der Waals surface area contributed by atoms with Crippen molar-refractivity contribution in [2.24, 2.45) is 0 Å². The summed E-state index contributed by atoms with van der Waals surface area (Å²) in [6, 6.07) is 5.79. The number of carbonyl (C=O) groups is 3. The van der Waals surface area contributed by atoms with E-state index < -0.39 is 6.04 Å². The van der Waals surface area contributed by atoms with Gasteiger partial charge in [-0.25, -0.2) is 0 Å². The maximum absolute atomic E-state index is 12.9. The molecule has 5 rings (SSSR count). The number of fused-ring (bicyclic) bond motifs is 1. The van der Waals surface area contributed by atoms with Gasteiger partial charge in [0.2, 0.25) is 11.8 Å². The number of rotatable bonds is 4. The van der Waals surface area contributed by atoms with Gasteiger partial charge in [0.15, 0.2) is 0 Å². The molecule has 2 saturated heterocycles. The number of hydrogen-bond donors (Lipinski definition) is 1. The molecule has 1 aliphatic carbocycles. The SMILES string of the molecule is O=C1CCC(N2Cc3cc(O[C@@H]4CCCN(C5CCCCC5)C4)ccc3C2=O)C(=O)N1. The number of piperidine rings is 2. The van der Waals surface area contributed by atoms with Gasteiger partial charge in [0.05, 0.1) is 0 Å². The average Bonchev–Trinajstić information content (AvgIpc) is 3.10. The van der Waals surface area contributed by atoms with Crippen molar-refractivity contribution in [3.05, 3.63) is 29.3 Å². The molecule has 1 aromatic rings. The first kappa shape index (κ1) is 20.5. The predicted molar refractivity (Wildman–Crippen MR) is 115 cm³/mol. The molecule has 1 N–H and O–H groups in total. The summed E-state index contributed by atoms with van der Waals surface area (Å²) < 4.78 is 6.36. The van der Waals surface area contributed by atoms with Crippen LogP contribution in [0, 0.1) is 0 Å². The van der Waals surface area contributed by atoms with Crippen LogP contribution in [0.4, 0.5) is 0 Å². The summed E-state index contributed by atoms with van der Waals surface area (Å²) in [5, 5.41) is 2.35. The highest BCUT2D eigenvalue weighted by Gasteiger charge is 2.39. The standard InChI is InChI=1S/C24H31N3O4/c28-22-11-10-21(23(29)25-22)27-14-16-13-18(8-9-20(16)24(27)30)31-19-7-4-12-26(15-19)17-5-2-1-3-6-17/h8-9,13,17,19,21H,1-7,10-12,14-15H2,(H,25,28,29)/t19-,21?/m1/s1. The van der Waals surface area contributed by atoms with Crippen molar-refractivity contribution in [3.63, 3.8) is 0 Å². The fourth-order valence-electron chi connectivity index (χ4n) is 5.66. The maximum atomic E-state index is 12.9. The Bertz CT molecular complexity index is 880. The van der Waals surface area contributed by atoms with Gasteiger partial charge in [-0.05, 0) is 62.4 Å². The lowest BCUT2D eigenvalue weighted by atomic mass is 9.92. The fraction of sp³-hybridized carbons (Fsp3) is 0.625. The van der Waals surface area contributed by atoms with Crippen LogP contribution in [0.2, 0.25) is 0 Å². The Morgan fingerprint density at radius 2 is 1.81 bits per heavy atom. The molecule has 2 atom stereocenters. The van der Waals surface area contributed by atoms with Gasteiger partial charge in [-0.1, -0.05) is 19.3 Å². The molecule has 3 fully saturated rings. The Morgan fingerprint density at radius 3 is 2.61 bits per heavy atom. The lowest BCUT2D eigenvalue weighted by molar-refractivity contribution is -0.136. The number of amides is 3. The van der Waals surface area contributed by atoms with Gasteiger partial charge in [-0.3, -0.25) is 24.6 Å². The monoisotopic (exact) mass is 425 g/mol. The average molecular weight is 426 g/mol. The first-order valence-electron chi connectivity index (χ1n) is 11.8. The highest BCUT2D eigenvalue weighted by molar-refractivity contribution is 6.05. The third-order valence-electron chi connectivity index (χ3n) is 7.30. The van der Waals surface area contributed by atoms with E-state index in [-0.39, 0.29) is 30.2 Å². The largest absolute Gasteiger partial charge is 0.489 e.